The predicted molar refractivity (Wildman–Crippen MR) is 94.6 cm³/mol. The summed E-state index contributed by atoms with van der Waals surface area (Å²) in [5.74, 6) is 1.73. The molecule has 3 aromatic rings. The van der Waals surface area contributed by atoms with Crippen molar-refractivity contribution in [2.75, 3.05) is 5.32 Å². The molecular formula is C18H19N3OS. The van der Waals surface area contributed by atoms with Crippen molar-refractivity contribution in [3.8, 4) is 5.75 Å². The van der Waals surface area contributed by atoms with Gasteiger partial charge in [-0.3, -0.25) is 0 Å². The molecule has 0 atom stereocenters. The molecule has 1 N–H and O–H groups in total. The van der Waals surface area contributed by atoms with Crippen molar-refractivity contribution in [3.05, 3.63) is 42.0 Å². The quantitative estimate of drug-likeness (QED) is 0.721. The van der Waals surface area contributed by atoms with Crippen LogP contribution in [0.25, 0.3) is 10.2 Å². The molecule has 2 heterocycles. The van der Waals surface area contributed by atoms with Crippen molar-refractivity contribution < 1.29 is 4.74 Å². The predicted octanol–water partition coefficient (Wildman–Crippen LogP) is 5.15. The van der Waals surface area contributed by atoms with Crippen molar-refractivity contribution in [2.45, 2.75) is 38.2 Å². The third-order valence-electron chi connectivity index (χ3n) is 4.25. The van der Waals surface area contributed by atoms with E-state index in [2.05, 4.69) is 15.3 Å². The minimum absolute atomic E-state index is 0.332. The summed E-state index contributed by atoms with van der Waals surface area (Å²) in [7, 11) is 0. The molecule has 4 rings (SSSR count). The summed E-state index contributed by atoms with van der Waals surface area (Å²) in [5.41, 5.74) is 0.962. The highest BCUT2D eigenvalue weighted by molar-refractivity contribution is 7.16. The lowest BCUT2D eigenvalue weighted by Crippen LogP contribution is -2.20. The highest BCUT2D eigenvalue weighted by Gasteiger charge is 2.17. The Morgan fingerprint density at radius 2 is 1.91 bits per heavy atom. The van der Waals surface area contributed by atoms with Crippen molar-refractivity contribution in [1.29, 1.82) is 0 Å². The average molecular weight is 325 g/mol. The molecule has 4 nitrogen and oxygen atoms in total. The van der Waals surface area contributed by atoms with Crippen LogP contribution in [0.3, 0.4) is 0 Å². The maximum atomic E-state index is 6.25. The Morgan fingerprint density at radius 3 is 2.83 bits per heavy atom. The van der Waals surface area contributed by atoms with Gasteiger partial charge in [-0.1, -0.05) is 18.6 Å². The van der Waals surface area contributed by atoms with E-state index in [0.717, 1.165) is 40.3 Å². The minimum atomic E-state index is 0.332. The summed E-state index contributed by atoms with van der Waals surface area (Å²) in [5, 5.41) is 6.50. The van der Waals surface area contributed by atoms with E-state index in [4.69, 9.17) is 4.74 Å². The molecule has 23 heavy (non-hydrogen) atoms. The molecule has 0 amide bonds. The van der Waals surface area contributed by atoms with Gasteiger partial charge in [0.15, 0.2) is 0 Å². The van der Waals surface area contributed by atoms with Gasteiger partial charge >= 0.3 is 0 Å². The first-order valence-corrected chi connectivity index (χ1v) is 8.99. The van der Waals surface area contributed by atoms with Crippen molar-refractivity contribution in [1.82, 2.24) is 9.97 Å². The number of hydrogen-bond donors (Lipinski definition) is 1. The molecule has 0 unspecified atom stereocenters. The molecule has 1 fully saturated rings. The fourth-order valence-corrected chi connectivity index (χ4v) is 3.79. The summed E-state index contributed by atoms with van der Waals surface area (Å²) < 4.78 is 6.25. The van der Waals surface area contributed by atoms with E-state index in [9.17, 15) is 0 Å². The van der Waals surface area contributed by atoms with Crippen LogP contribution in [0.15, 0.2) is 42.0 Å². The van der Waals surface area contributed by atoms with Crippen LogP contribution in [0.2, 0.25) is 0 Å². The summed E-state index contributed by atoms with van der Waals surface area (Å²) in [6.07, 6.45) is 8.09. The van der Waals surface area contributed by atoms with Gasteiger partial charge in [-0.05, 0) is 49.3 Å². The van der Waals surface area contributed by atoms with E-state index in [1.165, 1.54) is 19.3 Å². The van der Waals surface area contributed by atoms with Crippen LogP contribution in [0.1, 0.15) is 32.1 Å². The molecule has 0 bridgehead atoms. The van der Waals surface area contributed by atoms with Gasteiger partial charge in [0, 0.05) is 0 Å². The Balaban J connectivity index is 1.60. The zero-order chi connectivity index (χ0) is 15.5. The lowest BCUT2D eigenvalue weighted by atomic mass is 9.98. The third-order valence-corrected chi connectivity index (χ3v) is 5.07. The zero-order valence-corrected chi connectivity index (χ0v) is 13.7. The lowest BCUT2D eigenvalue weighted by molar-refractivity contribution is 0.156. The Morgan fingerprint density at radius 1 is 1.04 bits per heavy atom. The van der Waals surface area contributed by atoms with Crippen LogP contribution in [-0.2, 0) is 0 Å². The van der Waals surface area contributed by atoms with Crippen LogP contribution in [0.5, 0.6) is 5.75 Å². The first kappa shape index (κ1) is 14.5. The summed E-state index contributed by atoms with van der Waals surface area (Å²) in [6, 6.07) is 10.2. The first-order valence-electron chi connectivity index (χ1n) is 8.11. The number of nitrogens with one attached hydrogen (secondary N) is 1. The van der Waals surface area contributed by atoms with Crippen molar-refractivity contribution in [2.24, 2.45) is 0 Å². The molecule has 2 aromatic heterocycles. The molecule has 1 aromatic carbocycles. The summed E-state index contributed by atoms with van der Waals surface area (Å²) in [4.78, 5) is 9.68. The van der Waals surface area contributed by atoms with Gasteiger partial charge in [-0.2, -0.15) is 0 Å². The molecule has 0 saturated heterocycles. The second-order valence-electron chi connectivity index (χ2n) is 5.86. The number of hydrogen-bond acceptors (Lipinski definition) is 5. The fraction of sp³-hybridized carbons (Fsp3) is 0.333. The van der Waals surface area contributed by atoms with Crippen LogP contribution < -0.4 is 10.1 Å². The van der Waals surface area contributed by atoms with E-state index in [0.29, 0.717) is 6.10 Å². The number of ether oxygens (including phenoxy) is 1. The molecular weight excluding hydrogens is 306 g/mol. The third kappa shape index (κ3) is 3.15. The zero-order valence-electron chi connectivity index (χ0n) is 12.9. The van der Waals surface area contributed by atoms with Gasteiger partial charge in [-0.15, -0.1) is 11.3 Å². The van der Waals surface area contributed by atoms with Crippen molar-refractivity contribution in [3.63, 3.8) is 0 Å². The number of fused-ring (bicyclic) bond motifs is 1. The number of benzene rings is 1. The number of rotatable bonds is 4. The number of thiophene rings is 1. The number of nitrogens with zero attached hydrogens (tertiary/aromatic N) is 2. The van der Waals surface area contributed by atoms with E-state index in [-0.39, 0.29) is 0 Å². The molecule has 0 radical (unpaired) electrons. The van der Waals surface area contributed by atoms with Crippen LogP contribution in [0, 0.1) is 0 Å². The van der Waals surface area contributed by atoms with Gasteiger partial charge in [0.25, 0.3) is 0 Å². The highest BCUT2D eigenvalue weighted by atomic mass is 32.1. The lowest BCUT2D eigenvalue weighted by Gasteiger charge is -2.24. The highest BCUT2D eigenvalue weighted by Crippen LogP contribution is 2.33. The SMILES string of the molecule is c1ccc(OC2CCCCC2)c(Nc2ncnc3sccc23)c1. The normalized spacial score (nSPS) is 15.7. The first-order chi connectivity index (χ1) is 11.4. The molecule has 1 aliphatic rings. The second kappa shape index (κ2) is 6.54. The second-order valence-corrected chi connectivity index (χ2v) is 6.76. The number of anilines is 2. The van der Waals surface area contributed by atoms with E-state index >= 15 is 0 Å². The number of para-hydroxylation sites is 2. The largest absolute Gasteiger partial charge is 0.488 e. The topological polar surface area (TPSA) is 47.0 Å². The smallest absolute Gasteiger partial charge is 0.143 e. The van der Waals surface area contributed by atoms with E-state index in [1.807, 2.05) is 35.7 Å². The van der Waals surface area contributed by atoms with Gasteiger partial charge in [0.1, 0.15) is 22.7 Å². The number of aromatic nitrogens is 2. The average Bonchev–Trinajstić information content (AvgIpc) is 3.07. The molecule has 118 valence electrons. The monoisotopic (exact) mass is 325 g/mol. The summed E-state index contributed by atoms with van der Waals surface area (Å²) in [6.45, 7) is 0. The standard InChI is InChI=1S/C18H19N3OS/c1-2-6-13(7-3-1)22-16-9-5-4-8-15(16)21-17-14-10-11-23-18(14)20-12-19-17/h4-5,8-13H,1-3,6-7H2,(H,19,20,21). The fourth-order valence-electron chi connectivity index (χ4n) is 3.05. The summed E-state index contributed by atoms with van der Waals surface area (Å²) >= 11 is 1.62. The molecule has 1 aliphatic carbocycles. The maximum Gasteiger partial charge on any atom is 0.143 e. The van der Waals surface area contributed by atoms with Crippen LogP contribution >= 0.6 is 11.3 Å². The molecule has 0 aliphatic heterocycles. The molecule has 5 heteroatoms. The Labute approximate surface area is 139 Å². The van der Waals surface area contributed by atoms with Gasteiger partial charge in [0.2, 0.25) is 0 Å². The van der Waals surface area contributed by atoms with Crippen LogP contribution in [-0.4, -0.2) is 16.1 Å². The van der Waals surface area contributed by atoms with Gasteiger partial charge in [-0.25, -0.2) is 9.97 Å². The van der Waals surface area contributed by atoms with Gasteiger partial charge in [0.05, 0.1) is 17.2 Å². The minimum Gasteiger partial charge on any atom is -0.488 e. The Kier molecular flexibility index (Phi) is 4.11. The van der Waals surface area contributed by atoms with Crippen LogP contribution in [0.4, 0.5) is 11.5 Å². The Bertz CT molecular complexity index is 796. The maximum absolute atomic E-state index is 6.25. The molecule has 0 spiro atoms. The van der Waals surface area contributed by atoms with E-state index < -0.39 is 0 Å². The van der Waals surface area contributed by atoms with Crippen molar-refractivity contribution >= 4 is 33.1 Å². The van der Waals surface area contributed by atoms with E-state index in [1.54, 1.807) is 17.7 Å². The molecule has 1 saturated carbocycles. The Hall–Kier alpha value is -2.14. The van der Waals surface area contributed by atoms with Gasteiger partial charge < -0.3 is 10.1 Å².